The van der Waals surface area contributed by atoms with Crippen molar-refractivity contribution < 1.29 is 45.7 Å². The first-order valence-corrected chi connectivity index (χ1v) is 12.9. The number of carbonyl (C=O) groups is 1. The molecule has 0 aliphatic heterocycles. The predicted octanol–water partition coefficient (Wildman–Crippen LogP) is 7.87. The Morgan fingerprint density at radius 3 is 1.57 bits per heavy atom. The molecular weight excluding hydrogens is 586 g/mol. The number of carboxylic acids is 1. The van der Waals surface area contributed by atoms with Gasteiger partial charge in [0.1, 0.15) is 18.1 Å². The second kappa shape index (κ2) is 13.3. The van der Waals surface area contributed by atoms with E-state index in [4.69, 9.17) is 14.6 Å². The average molecular weight is 609 g/mol. The zero-order chi connectivity index (χ0) is 31.9. The molecule has 0 aliphatic carbocycles. The number of carboxylic acid groups (broad SMARTS) is 1. The van der Waals surface area contributed by atoms with Crippen LogP contribution in [0.25, 0.3) is 0 Å². The second-order valence-corrected chi connectivity index (χ2v) is 9.47. The third-order valence-electron chi connectivity index (χ3n) is 6.02. The molecule has 4 nitrogen and oxygen atoms in total. The second-order valence-electron chi connectivity index (χ2n) is 9.47. The first kappa shape index (κ1) is 31.6. The first-order chi connectivity index (χ1) is 20.8. The van der Waals surface area contributed by atoms with Crippen molar-refractivity contribution in [1.29, 1.82) is 0 Å². The summed E-state index contributed by atoms with van der Waals surface area (Å²) in [5, 5.41) is 8.81. The van der Waals surface area contributed by atoms with Gasteiger partial charge in [-0.25, -0.2) is 4.79 Å². The Bertz CT molecular complexity index is 1670. The first-order valence-electron chi connectivity index (χ1n) is 12.9. The molecule has 10 heteroatoms. The minimum absolute atomic E-state index is 0.0690. The summed E-state index contributed by atoms with van der Waals surface area (Å²) in [5.74, 6) is 11.2. The molecule has 0 radical (unpaired) electrons. The van der Waals surface area contributed by atoms with Crippen LogP contribution >= 0.6 is 0 Å². The van der Waals surface area contributed by atoms with Crippen molar-refractivity contribution in [2.75, 3.05) is 6.61 Å². The van der Waals surface area contributed by atoms with Gasteiger partial charge in [0.2, 0.25) is 0 Å². The van der Waals surface area contributed by atoms with Gasteiger partial charge in [0.15, 0.2) is 6.61 Å². The number of alkyl halides is 6. The number of hydrogen-bond acceptors (Lipinski definition) is 3. The van der Waals surface area contributed by atoms with E-state index in [0.29, 0.717) is 44.9 Å². The van der Waals surface area contributed by atoms with E-state index in [1.165, 1.54) is 24.3 Å². The van der Waals surface area contributed by atoms with Gasteiger partial charge >= 0.3 is 18.3 Å². The zero-order valence-corrected chi connectivity index (χ0v) is 22.9. The van der Waals surface area contributed by atoms with Crippen molar-refractivity contribution >= 4 is 5.97 Å². The average Bonchev–Trinajstić information content (AvgIpc) is 2.97. The van der Waals surface area contributed by atoms with Crippen LogP contribution in [0.15, 0.2) is 84.9 Å². The standard InChI is InChI=1S/C34H22F6O4/c1-22-16-30(14-15-31(22)44-21-32(41)42)43-20-27-18-25(4-2-23-6-10-28(11-7-23)33(35,36)37)17-26(19-27)5-3-24-8-12-29(13-9-24)34(38,39)40/h6-19H,20-21H2,1H3,(H,41,42). The topological polar surface area (TPSA) is 55.8 Å². The van der Waals surface area contributed by atoms with Crippen molar-refractivity contribution in [2.24, 2.45) is 0 Å². The van der Waals surface area contributed by atoms with E-state index in [1.807, 2.05) is 0 Å². The smallest absolute Gasteiger partial charge is 0.416 e. The SMILES string of the molecule is Cc1cc(OCc2cc(C#Cc3ccc(C(F)(F)F)cc3)cc(C#Cc3ccc(C(F)(F)F)cc3)c2)ccc1OCC(=O)O. The van der Waals surface area contributed by atoms with Crippen LogP contribution in [-0.4, -0.2) is 17.7 Å². The Labute approximate surface area is 248 Å². The number of rotatable bonds is 6. The number of aryl methyl sites for hydroxylation is 1. The van der Waals surface area contributed by atoms with Crippen molar-refractivity contribution in [3.63, 3.8) is 0 Å². The monoisotopic (exact) mass is 608 g/mol. The molecule has 0 fully saturated rings. The summed E-state index contributed by atoms with van der Waals surface area (Å²) in [6, 6.07) is 18.8. The maximum Gasteiger partial charge on any atom is 0.416 e. The predicted molar refractivity (Wildman–Crippen MR) is 150 cm³/mol. The van der Waals surface area contributed by atoms with Gasteiger partial charge in [-0.1, -0.05) is 23.7 Å². The number of benzene rings is 4. The van der Waals surface area contributed by atoms with Crippen LogP contribution in [0.3, 0.4) is 0 Å². The summed E-state index contributed by atoms with van der Waals surface area (Å²) in [6.45, 7) is 1.31. The van der Waals surface area contributed by atoms with E-state index in [2.05, 4.69) is 23.7 Å². The fourth-order valence-corrected chi connectivity index (χ4v) is 3.87. The van der Waals surface area contributed by atoms with E-state index < -0.39 is 36.1 Å². The molecule has 0 heterocycles. The minimum Gasteiger partial charge on any atom is -0.489 e. The molecule has 0 amide bonds. The number of ether oxygens (including phenoxy) is 2. The lowest BCUT2D eigenvalue weighted by molar-refractivity contribution is -0.139. The molecule has 44 heavy (non-hydrogen) atoms. The lowest BCUT2D eigenvalue weighted by atomic mass is 10.0. The molecule has 0 unspecified atom stereocenters. The molecule has 1 N–H and O–H groups in total. The molecule has 4 aromatic rings. The van der Waals surface area contributed by atoms with Crippen molar-refractivity contribution in [2.45, 2.75) is 25.9 Å². The van der Waals surface area contributed by atoms with Crippen LogP contribution in [0.2, 0.25) is 0 Å². The van der Waals surface area contributed by atoms with Gasteiger partial charge in [-0.15, -0.1) is 0 Å². The Morgan fingerprint density at radius 2 is 1.14 bits per heavy atom. The van der Waals surface area contributed by atoms with E-state index >= 15 is 0 Å². The van der Waals surface area contributed by atoms with Crippen molar-refractivity contribution in [3.8, 4) is 35.2 Å². The molecule has 0 bridgehead atoms. The number of hydrogen-bond donors (Lipinski definition) is 1. The molecule has 4 rings (SSSR count). The van der Waals surface area contributed by atoms with Gasteiger partial charge in [-0.3, -0.25) is 0 Å². The van der Waals surface area contributed by atoms with Crippen LogP contribution in [0.5, 0.6) is 11.5 Å². The summed E-state index contributed by atoms with van der Waals surface area (Å²) in [5.41, 5.74) is 1.40. The molecule has 0 atom stereocenters. The highest BCUT2D eigenvalue weighted by molar-refractivity contribution is 5.68. The zero-order valence-electron chi connectivity index (χ0n) is 22.9. The molecule has 224 valence electrons. The fourth-order valence-electron chi connectivity index (χ4n) is 3.87. The Kier molecular flexibility index (Phi) is 9.55. The van der Waals surface area contributed by atoms with Crippen LogP contribution in [0.4, 0.5) is 26.3 Å². The third kappa shape index (κ3) is 9.07. The maximum absolute atomic E-state index is 12.9. The number of aliphatic carboxylic acids is 1. The van der Waals surface area contributed by atoms with Crippen LogP contribution in [0, 0.1) is 30.6 Å². The summed E-state index contributed by atoms with van der Waals surface area (Å²) in [6.07, 6.45) is -8.93. The van der Waals surface area contributed by atoms with Gasteiger partial charge in [0.05, 0.1) is 11.1 Å². The van der Waals surface area contributed by atoms with E-state index in [1.54, 1.807) is 43.3 Å². The van der Waals surface area contributed by atoms with E-state index in [0.717, 1.165) is 24.3 Å². The van der Waals surface area contributed by atoms with E-state index in [-0.39, 0.29) is 6.61 Å². The molecule has 4 aromatic carbocycles. The molecule has 0 aliphatic rings. The fraction of sp³-hybridized carbons (Fsp3) is 0.147. The largest absolute Gasteiger partial charge is 0.489 e. The summed E-state index contributed by atoms with van der Waals surface area (Å²) in [7, 11) is 0. The normalized spacial score (nSPS) is 11.1. The molecule has 0 spiro atoms. The lowest BCUT2D eigenvalue weighted by Gasteiger charge is -2.11. The lowest BCUT2D eigenvalue weighted by Crippen LogP contribution is -2.10. The van der Waals surface area contributed by atoms with Crippen LogP contribution < -0.4 is 9.47 Å². The Balaban J connectivity index is 1.60. The minimum atomic E-state index is -4.47. The molecular formula is C34H22F6O4. The van der Waals surface area contributed by atoms with Crippen molar-refractivity contribution in [1.82, 2.24) is 0 Å². The highest BCUT2D eigenvalue weighted by atomic mass is 19.4. The molecule has 0 saturated carbocycles. The van der Waals surface area contributed by atoms with Crippen molar-refractivity contribution in [3.05, 3.63) is 129 Å². The van der Waals surface area contributed by atoms with E-state index in [9.17, 15) is 31.1 Å². The van der Waals surface area contributed by atoms with Gasteiger partial charge in [0.25, 0.3) is 0 Å². The Morgan fingerprint density at radius 1 is 0.659 bits per heavy atom. The highest BCUT2D eigenvalue weighted by Gasteiger charge is 2.30. The van der Waals surface area contributed by atoms with Gasteiger partial charge in [-0.05, 0) is 103 Å². The van der Waals surface area contributed by atoms with Gasteiger partial charge in [0, 0.05) is 22.3 Å². The third-order valence-corrected chi connectivity index (χ3v) is 6.02. The molecule has 0 aromatic heterocycles. The van der Waals surface area contributed by atoms with Crippen LogP contribution in [-0.2, 0) is 23.8 Å². The summed E-state index contributed by atoms with van der Waals surface area (Å²) >= 11 is 0. The highest BCUT2D eigenvalue weighted by Crippen LogP contribution is 2.30. The molecule has 0 saturated heterocycles. The van der Waals surface area contributed by atoms with Gasteiger partial charge < -0.3 is 14.6 Å². The summed E-state index contributed by atoms with van der Waals surface area (Å²) in [4.78, 5) is 10.8. The quantitative estimate of drug-likeness (QED) is 0.179. The Hall–Kier alpha value is -5.35. The number of halogens is 6. The van der Waals surface area contributed by atoms with Gasteiger partial charge in [-0.2, -0.15) is 26.3 Å². The summed E-state index contributed by atoms with van der Waals surface area (Å²) < 4.78 is 88.5. The maximum atomic E-state index is 12.9. The van der Waals surface area contributed by atoms with Crippen LogP contribution in [0.1, 0.15) is 44.5 Å².